The van der Waals surface area contributed by atoms with Gasteiger partial charge in [-0.25, -0.2) is 0 Å². The normalized spacial score (nSPS) is 25.4. The molecule has 0 aliphatic carbocycles. The predicted octanol–water partition coefficient (Wildman–Crippen LogP) is 0.468. The first-order chi connectivity index (χ1) is 4.99. The maximum absolute atomic E-state index is 11.1. The fourth-order valence-electron chi connectivity index (χ4n) is 1.25. The SMILES string of the molecule is CC(C)(C)CC1NCNC1=O. The molecule has 2 N–H and O–H groups in total. The molecule has 1 aliphatic rings. The fourth-order valence-corrected chi connectivity index (χ4v) is 1.25. The molecule has 0 spiro atoms. The lowest BCUT2D eigenvalue weighted by molar-refractivity contribution is -0.121. The average molecular weight is 156 g/mol. The van der Waals surface area contributed by atoms with Crippen LogP contribution in [0.2, 0.25) is 0 Å². The quantitative estimate of drug-likeness (QED) is 0.579. The Bertz CT molecular complexity index is 160. The van der Waals surface area contributed by atoms with E-state index < -0.39 is 0 Å². The van der Waals surface area contributed by atoms with Crippen molar-refractivity contribution < 1.29 is 4.79 Å². The van der Waals surface area contributed by atoms with Crippen LogP contribution in [0.15, 0.2) is 0 Å². The Morgan fingerprint density at radius 3 is 2.55 bits per heavy atom. The van der Waals surface area contributed by atoms with Gasteiger partial charge >= 0.3 is 0 Å². The summed E-state index contributed by atoms with van der Waals surface area (Å²) in [6.45, 7) is 7.04. The van der Waals surface area contributed by atoms with Crippen molar-refractivity contribution >= 4 is 5.91 Å². The van der Waals surface area contributed by atoms with Crippen molar-refractivity contribution in [2.24, 2.45) is 5.41 Å². The highest BCUT2D eigenvalue weighted by Crippen LogP contribution is 2.21. The maximum atomic E-state index is 11.1. The van der Waals surface area contributed by atoms with Gasteiger partial charge in [-0.3, -0.25) is 10.1 Å². The molecule has 1 amide bonds. The predicted molar refractivity (Wildman–Crippen MR) is 44.0 cm³/mol. The Kier molecular flexibility index (Phi) is 2.18. The molecule has 0 aromatic heterocycles. The second-order valence-electron chi connectivity index (χ2n) is 4.24. The Hall–Kier alpha value is -0.570. The number of nitrogens with one attached hydrogen (secondary N) is 2. The summed E-state index contributed by atoms with van der Waals surface area (Å²) in [5, 5.41) is 5.84. The van der Waals surface area contributed by atoms with Crippen LogP contribution in [0.3, 0.4) is 0 Å². The van der Waals surface area contributed by atoms with Crippen molar-refractivity contribution in [2.75, 3.05) is 6.67 Å². The van der Waals surface area contributed by atoms with E-state index in [9.17, 15) is 4.79 Å². The highest BCUT2D eigenvalue weighted by molar-refractivity contribution is 5.83. The second-order valence-corrected chi connectivity index (χ2v) is 4.24. The van der Waals surface area contributed by atoms with E-state index in [1.165, 1.54) is 0 Å². The second kappa shape index (κ2) is 2.81. The van der Waals surface area contributed by atoms with Crippen molar-refractivity contribution in [2.45, 2.75) is 33.2 Å². The first-order valence-electron chi connectivity index (χ1n) is 4.00. The third-order valence-electron chi connectivity index (χ3n) is 1.74. The molecule has 0 saturated carbocycles. The minimum absolute atomic E-state index is 0.0231. The molecule has 1 aliphatic heterocycles. The van der Waals surface area contributed by atoms with Crippen LogP contribution >= 0.6 is 0 Å². The molecule has 3 heteroatoms. The molecule has 0 bridgehead atoms. The lowest BCUT2D eigenvalue weighted by atomic mass is 9.88. The monoisotopic (exact) mass is 156 g/mol. The molecule has 11 heavy (non-hydrogen) atoms. The molecule has 0 aromatic carbocycles. The van der Waals surface area contributed by atoms with Crippen molar-refractivity contribution in [3.05, 3.63) is 0 Å². The van der Waals surface area contributed by atoms with Crippen LogP contribution < -0.4 is 10.6 Å². The summed E-state index contributed by atoms with van der Waals surface area (Å²) in [6.07, 6.45) is 0.902. The number of hydrogen-bond acceptors (Lipinski definition) is 2. The van der Waals surface area contributed by atoms with Gasteiger partial charge in [-0.15, -0.1) is 0 Å². The molecule has 1 saturated heterocycles. The van der Waals surface area contributed by atoms with Crippen LogP contribution in [-0.2, 0) is 4.79 Å². The van der Waals surface area contributed by atoms with Crippen molar-refractivity contribution in [3.8, 4) is 0 Å². The molecular weight excluding hydrogens is 140 g/mol. The molecule has 1 rings (SSSR count). The Labute approximate surface area is 67.5 Å². The molecule has 1 fully saturated rings. The van der Waals surface area contributed by atoms with E-state index >= 15 is 0 Å². The van der Waals surface area contributed by atoms with E-state index in [-0.39, 0.29) is 17.4 Å². The summed E-state index contributed by atoms with van der Waals surface area (Å²) < 4.78 is 0. The van der Waals surface area contributed by atoms with Crippen molar-refractivity contribution in [1.29, 1.82) is 0 Å². The standard InChI is InChI=1S/C8H16N2O/c1-8(2,3)4-6-7(11)10-5-9-6/h6,9H,4-5H2,1-3H3,(H,10,11). The lowest BCUT2D eigenvalue weighted by Crippen LogP contribution is -2.32. The van der Waals surface area contributed by atoms with Crippen LogP contribution in [0, 0.1) is 5.41 Å². The van der Waals surface area contributed by atoms with Gasteiger partial charge in [-0.1, -0.05) is 20.8 Å². The van der Waals surface area contributed by atoms with Crippen LogP contribution in [-0.4, -0.2) is 18.6 Å². The largest absolute Gasteiger partial charge is 0.342 e. The van der Waals surface area contributed by atoms with E-state index in [0.717, 1.165) is 6.42 Å². The number of rotatable bonds is 1. The third kappa shape index (κ3) is 2.50. The number of amides is 1. The summed E-state index contributed by atoms with van der Waals surface area (Å²) in [4.78, 5) is 11.1. The fraction of sp³-hybridized carbons (Fsp3) is 0.875. The van der Waals surface area contributed by atoms with Gasteiger partial charge < -0.3 is 5.32 Å². The first kappa shape index (κ1) is 8.53. The van der Waals surface area contributed by atoms with Gasteiger partial charge in [0.1, 0.15) is 0 Å². The van der Waals surface area contributed by atoms with Crippen molar-refractivity contribution in [1.82, 2.24) is 10.6 Å². The third-order valence-corrected chi connectivity index (χ3v) is 1.74. The van der Waals surface area contributed by atoms with E-state index in [1.54, 1.807) is 0 Å². The van der Waals surface area contributed by atoms with Crippen molar-refractivity contribution in [3.63, 3.8) is 0 Å². The lowest BCUT2D eigenvalue weighted by Gasteiger charge is -2.20. The van der Waals surface area contributed by atoms with Gasteiger partial charge in [0.25, 0.3) is 0 Å². The highest BCUT2D eigenvalue weighted by Gasteiger charge is 2.27. The first-order valence-corrected chi connectivity index (χ1v) is 4.00. The summed E-state index contributed by atoms with van der Waals surface area (Å²) in [7, 11) is 0. The zero-order chi connectivity index (χ0) is 8.48. The van der Waals surface area contributed by atoms with Gasteiger partial charge in [0.05, 0.1) is 12.7 Å². The van der Waals surface area contributed by atoms with Gasteiger partial charge in [0.15, 0.2) is 0 Å². The van der Waals surface area contributed by atoms with Crippen LogP contribution in [0.25, 0.3) is 0 Å². The van der Waals surface area contributed by atoms with Gasteiger partial charge in [-0.2, -0.15) is 0 Å². The minimum Gasteiger partial charge on any atom is -0.342 e. The summed E-state index contributed by atoms with van der Waals surface area (Å²) in [5.41, 5.74) is 0.222. The number of hydrogen-bond donors (Lipinski definition) is 2. The Morgan fingerprint density at radius 1 is 1.55 bits per heavy atom. The van der Waals surface area contributed by atoms with Crippen LogP contribution in [0.1, 0.15) is 27.2 Å². The summed E-state index contributed by atoms with van der Waals surface area (Å²) >= 11 is 0. The molecule has 1 atom stereocenters. The average Bonchev–Trinajstić information content (AvgIpc) is 2.12. The molecule has 1 heterocycles. The minimum atomic E-state index is 0.0231. The molecule has 1 unspecified atom stereocenters. The number of carbonyl (C=O) groups excluding carboxylic acids is 1. The maximum Gasteiger partial charge on any atom is 0.238 e. The number of carbonyl (C=O) groups is 1. The van der Waals surface area contributed by atoms with Crippen LogP contribution in [0.5, 0.6) is 0 Å². The van der Waals surface area contributed by atoms with Gasteiger partial charge in [-0.05, 0) is 11.8 Å². The van der Waals surface area contributed by atoms with E-state index in [1.807, 2.05) is 0 Å². The van der Waals surface area contributed by atoms with Crippen LogP contribution in [0.4, 0.5) is 0 Å². The Morgan fingerprint density at radius 2 is 2.18 bits per heavy atom. The molecule has 64 valence electrons. The molecule has 0 aromatic rings. The van der Waals surface area contributed by atoms with E-state index in [2.05, 4.69) is 31.4 Å². The molecule has 0 radical (unpaired) electrons. The van der Waals surface area contributed by atoms with Gasteiger partial charge in [0, 0.05) is 0 Å². The highest BCUT2D eigenvalue weighted by atomic mass is 16.2. The molecular formula is C8H16N2O. The van der Waals surface area contributed by atoms with E-state index in [0.29, 0.717) is 6.67 Å². The zero-order valence-corrected chi connectivity index (χ0v) is 7.40. The summed E-state index contributed by atoms with van der Waals surface area (Å²) in [6, 6.07) is 0.0231. The molecule has 3 nitrogen and oxygen atoms in total. The smallest absolute Gasteiger partial charge is 0.238 e. The summed E-state index contributed by atoms with van der Waals surface area (Å²) in [5.74, 6) is 0.139. The zero-order valence-electron chi connectivity index (χ0n) is 7.40. The van der Waals surface area contributed by atoms with E-state index in [4.69, 9.17) is 0 Å². The topological polar surface area (TPSA) is 41.1 Å². The van der Waals surface area contributed by atoms with Gasteiger partial charge in [0.2, 0.25) is 5.91 Å². The Balaban J connectivity index is 2.43.